The molecule has 1 heterocycles. The van der Waals surface area contributed by atoms with E-state index in [4.69, 9.17) is 14.5 Å². The summed E-state index contributed by atoms with van der Waals surface area (Å²) in [5, 5.41) is 6.41. The van der Waals surface area contributed by atoms with Crippen LogP contribution in [0.2, 0.25) is 0 Å². The van der Waals surface area contributed by atoms with E-state index in [-0.39, 0.29) is 6.10 Å². The van der Waals surface area contributed by atoms with Crippen molar-refractivity contribution in [1.29, 1.82) is 0 Å². The zero-order valence-electron chi connectivity index (χ0n) is 17.1. The van der Waals surface area contributed by atoms with Gasteiger partial charge in [-0.15, -0.1) is 11.3 Å². The molecular formula is C21H30N4O2S. The van der Waals surface area contributed by atoms with Crippen LogP contribution < -0.4 is 10.1 Å². The van der Waals surface area contributed by atoms with Gasteiger partial charge >= 0.3 is 0 Å². The SMILES string of the molecule is C=CCOc1ccccc1CN=C(NCC)N(C)Cc1csc(C(C)OC)n1. The number of hydrogen-bond donors (Lipinski definition) is 1. The third kappa shape index (κ3) is 6.35. The van der Waals surface area contributed by atoms with Gasteiger partial charge in [-0.1, -0.05) is 30.9 Å². The van der Waals surface area contributed by atoms with Gasteiger partial charge in [-0.05, 0) is 19.9 Å². The number of guanidine groups is 1. The Morgan fingerprint density at radius 2 is 2.21 bits per heavy atom. The van der Waals surface area contributed by atoms with E-state index in [2.05, 4.69) is 34.1 Å². The van der Waals surface area contributed by atoms with Crippen molar-refractivity contribution in [1.82, 2.24) is 15.2 Å². The zero-order valence-corrected chi connectivity index (χ0v) is 18.0. The molecule has 0 aliphatic heterocycles. The van der Waals surface area contributed by atoms with Crippen molar-refractivity contribution < 1.29 is 9.47 Å². The summed E-state index contributed by atoms with van der Waals surface area (Å²) in [5.41, 5.74) is 2.05. The number of benzene rings is 1. The van der Waals surface area contributed by atoms with Gasteiger partial charge in [-0.25, -0.2) is 9.98 Å². The molecule has 0 aliphatic carbocycles. The van der Waals surface area contributed by atoms with E-state index in [1.54, 1.807) is 24.5 Å². The highest BCUT2D eigenvalue weighted by Gasteiger charge is 2.13. The van der Waals surface area contributed by atoms with Gasteiger partial charge in [0.1, 0.15) is 23.5 Å². The van der Waals surface area contributed by atoms with E-state index in [0.29, 0.717) is 19.7 Å². The fourth-order valence-electron chi connectivity index (χ4n) is 2.55. The van der Waals surface area contributed by atoms with Crippen LogP contribution in [-0.2, 0) is 17.8 Å². The molecule has 1 aromatic carbocycles. The molecule has 28 heavy (non-hydrogen) atoms. The fourth-order valence-corrected chi connectivity index (χ4v) is 3.40. The minimum absolute atomic E-state index is 0.0121. The lowest BCUT2D eigenvalue weighted by molar-refractivity contribution is 0.119. The lowest BCUT2D eigenvalue weighted by Crippen LogP contribution is -2.38. The number of nitrogens with zero attached hydrogens (tertiary/aromatic N) is 3. The number of rotatable bonds is 10. The van der Waals surface area contributed by atoms with Crippen LogP contribution in [0.5, 0.6) is 5.75 Å². The van der Waals surface area contributed by atoms with Gasteiger partial charge in [0, 0.05) is 31.6 Å². The Hall–Kier alpha value is -2.38. The van der Waals surface area contributed by atoms with Crippen molar-refractivity contribution in [2.24, 2.45) is 4.99 Å². The molecule has 2 rings (SSSR count). The summed E-state index contributed by atoms with van der Waals surface area (Å²) < 4.78 is 11.1. The van der Waals surface area contributed by atoms with Crippen LogP contribution in [-0.4, -0.2) is 43.2 Å². The van der Waals surface area contributed by atoms with Gasteiger partial charge in [0.25, 0.3) is 0 Å². The second kappa shape index (κ2) is 11.5. The standard InChI is InChI=1S/C21H30N4O2S/c1-6-12-27-19-11-9-8-10-17(19)13-23-21(22-7-2)25(4)14-18-15-28-20(24-18)16(3)26-5/h6,8-11,15-16H,1,7,12-14H2,2-5H3,(H,22,23). The third-order valence-corrected chi connectivity index (χ3v) is 5.15. The monoisotopic (exact) mass is 402 g/mol. The first-order chi connectivity index (χ1) is 13.6. The summed E-state index contributed by atoms with van der Waals surface area (Å²) in [6, 6.07) is 7.95. The Morgan fingerprint density at radius 3 is 2.93 bits per heavy atom. The number of hydrogen-bond acceptors (Lipinski definition) is 5. The molecule has 2 aromatic rings. The van der Waals surface area contributed by atoms with Gasteiger partial charge in [0.05, 0.1) is 18.8 Å². The number of methoxy groups -OCH3 is 1. The number of nitrogens with one attached hydrogen (secondary N) is 1. The van der Waals surface area contributed by atoms with Crippen LogP contribution in [0, 0.1) is 0 Å². The Balaban J connectivity index is 2.09. The van der Waals surface area contributed by atoms with Gasteiger partial charge in [0.2, 0.25) is 0 Å². The van der Waals surface area contributed by atoms with E-state index in [9.17, 15) is 0 Å². The van der Waals surface area contributed by atoms with E-state index in [1.807, 2.05) is 38.2 Å². The lowest BCUT2D eigenvalue weighted by Gasteiger charge is -2.21. The summed E-state index contributed by atoms with van der Waals surface area (Å²) in [6.07, 6.45) is 1.75. The first kappa shape index (κ1) is 21.9. The Bertz CT molecular complexity index is 775. The molecule has 0 bridgehead atoms. The minimum atomic E-state index is 0.0121. The summed E-state index contributed by atoms with van der Waals surface area (Å²) in [7, 11) is 3.71. The minimum Gasteiger partial charge on any atom is -0.489 e. The quantitative estimate of drug-likeness (QED) is 0.370. The van der Waals surface area contributed by atoms with Crippen molar-refractivity contribution >= 4 is 17.3 Å². The maximum atomic E-state index is 5.73. The molecule has 152 valence electrons. The molecule has 1 aromatic heterocycles. The summed E-state index contributed by atoms with van der Waals surface area (Å²) >= 11 is 1.62. The molecule has 0 radical (unpaired) electrons. The average molecular weight is 403 g/mol. The average Bonchev–Trinajstić information content (AvgIpc) is 3.17. The molecule has 7 heteroatoms. The Kier molecular flexibility index (Phi) is 8.97. The highest BCUT2D eigenvalue weighted by Crippen LogP contribution is 2.21. The smallest absolute Gasteiger partial charge is 0.194 e. The molecule has 0 aliphatic rings. The second-order valence-corrected chi connectivity index (χ2v) is 7.18. The molecule has 1 atom stereocenters. The van der Waals surface area contributed by atoms with Crippen molar-refractivity contribution in [2.45, 2.75) is 33.0 Å². The van der Waals surface area contributed by atoms with Crippen LogP contribution in [0.4, 0.5) is 0 Å². The lowest BCUT2D eigenvalue weighted by atomic mass is 10.2. The topological polar surface area (TPSA) is 59.0 Å². The number of aliphatic imine (C=N–C) groups is 1. The van der Waals surface area contributed by atoms with Crippen LogP contribution in [0.25, 0.3) is 0 Å². The van der Waals surface area contributed by atoms with Gasteiger partial charge in [0.15, 0.2) is 5.96 Å². The maximum absolute atomic E-state index is 5.73. The van der Waals surface area contributed by atoms with E-state index < -0.39 is 0 Å². The van der Waals surface area contributed by atoms with Gasteiger partial charge < -0.3 is 19.7 Å². The molecule has 0 saturated carbocycles. The summed E-state index contributed by atoms with van der Waals surface area (Å²) in [5.74, 6) is 1.66. The normalized spacial score (nSPS) is 12.5. The highest BCUT2D eigenvalue weighted by molar-refractivity contribution is 7.09. The van der Waals surface area contributed by atoms with Gasteiger partial charge in [-0.2, -0.15) is 0 Å². The molecule has 1 N–H and O–H groups in total. The van der Waals surface area contributed by atoms with Crippen molar-refractivity contribution in [3.63, 3.8) is 0 Å². The highest BCUT2D eigenvalue weighted by atomic mass is 32.1. The van der Waals surface area contributed by atoms with E-state index in [0.717, 1.165) is 34.5 Å². The molecule has 0 amide bonds. The fraction of sp³-hybridized carbons (Fsp3) is 0.429. The first-order valence-corrected chi connectivity index (χ1v) is 10.2. The molecule has 6 nitrogen and oxygen atoms in total. The molecule has 1 unspecified atom stereocenters. The number of ether oxygens (including phenoxy) is 2. The Labute approximate surface area is 171 Å². The van der Waals surface area contributed by atoms with Crippen LogP contribution in [0.15, 0.2) is 47.3 Å². The second-order valence-electron chi connectivity index (χ2n) is 6.29. The summed E-state index contributed by atoms with van der Waals surface area (Å²) in [6.45, 7) is 10.2. The number of thiazole rings is 1. The molecule has 0 fully saturated rings. The van der Waals surface area contributed by atoms with Crippen LogP contribution in [0.1, 0.15) is 36.2 Å². The third-order valence-electron chi connectivity index (χ3n) is 4.09. The molecular weight excluding hydrogens is 372 g/mol. The van der Waals surface area contributed by atoms with Gasteiger partial charge in [-0.3, -0.25) is 0 Å². The van der Waals surface area contributed by atoms with E-state index >= 15 is 0 Å². The van der Waals surface area contributed by atoms with E-state index in [1.165, 1.54) is 0 Å². The largest absolute Gasteiger partial charge is 0.489 e. The van der Waals surface area contributed by atoms with Crippen molar-refractivity contribution in [2.75, 3.05) is 27.3 Å². The molecule has 0 spiro atoms. The molecule has 0 saturated heterocycles. The van der Waals surface area contributed by atoms with Crippen molar-refractivity contribution in [3.05, 3.63) is 58.6 Å². The van der Waals surface area contributed by atoms with Crippen LogP contribution in [0.3, 0.4) is 0 Å². The van der Waals surface area contributed by atoms with Crippen molar-refractivity contribution in [3.8, 4) is 5.75 Å². The number of para-hydroxylation sites is 1. The maximum Gasteiger partial charge on any atom is 0.194 e. The predicted octanol–water partition coefficient (Wildman–Crippen LogP) is 4.01. The first-order valence-electron chi connectivity index (χ1n) is 9.37. The number of aromatic nitrogens is 1. The zero-order chi connectivity index (χ0) is 20.4. The van der Waals surface area contributed by atoms with Crippen LogP contribution >= 0.6 is 11.3 Å². The Morgan fingerprint density at radius 1 is 1.43 bits per heavy atom. The predicted molar refractivity (Wildman–Crippen MR) is 116 cm³/mol. The summed E-state index contributed by atoms with van der Waals surface area (Å²) in [4.78, 5) is 11.5.